The van der Waals surface area contributed by atoms with Crippen molar-refractivity contribution in [3.63, 3.8) is 0 Å². The minimum absolute atomic E-state index is 1.00. The van der Waals surface area contributed by atoms with Gasteiger partial charge in [0.1, 0.15) is 0 Å². The highest BCUT2D eigenvalue weighted by atomic mass is 28.3. The van der Waals surface area contributed by atoms with E-state index < -0.39 is 9.04 Å². The van der Waals surface area contributed by atoms with E-state index in [9.17, 15) is 4.80 Å². The molecule has 0 aromatic rings. The maximum Gasteiger partial charge on any atom is 0.0675 e. The smallest absolute Gasteiger partial charge is 0.0675 e. The number of hydrogen-bond donors (Lipinski definition) is 0. The normalized spacial score (nSPS) is 10.7. The summed E-state index contributed by atoms with van der Waals surface area (Å²) in [7, 11) is 7.11. The van der Waals surface area contributed by atoms with E-state index in [1.54, 1.807) is 13.1 Å². The first-order valence-electron chi connectivity index (χ1n) is 3.18. The Kier molecular flexibility index (Phi) is 6.55. The molecule has 0 fully saturated rings. The first kappa shape index (κ1) is 11.9. The van der Waals surface area contributed by atoms with Crippen molar-refractivity contribution < 1.29 is 9.28 Å². The topological polar surface area (TPSA) is 23.1 Å². The lowest BCUT2D eigenvalue weighted by Gasteiger charge is -2.14. The van der Waals surface area contributed by atoms with E-state index in [4.69, 9.17) is 0 Å². The summed E-state index contributed by atoms with van der Waals surface area (Å²) in [4.78, 5) is 9.67. The molecular formula is C6H19NOSi. The molecule has 9 heavy (non-hydrogen) atoms. The van der Waals surface area contributed by atoms with Crippen molar-refractivity contribution in [3.05, 3.63) is 0 Å². The van der Waals surface area contributed by atoms with E-state index in [2.05, 4.69) is 28.2 Å². The van der Waals surface area contributed by atoms with Crippen LogP contribution in [0.2, 0.25) is 13.1 Å². The summed E-state index contributed by atoms with van der Waals surface area (Å²) in [6.07, 6.45) is 0. The fraction of sp³-hybridized carbons (Fsp3) is 1.00. The molecule has 0 spiro atoms. The van der Waals surface area contributed by atoms with E-state index in [-0.39, 0.29) is 0 Å². The van der Waals surface area contributed by atoms with Crippen LogP contribution in [-0.2, 0) is 0 Å². The Morgan fingerprint density at radius 3 is 1.00 bits per heavy atom. The number of hydrogen-bond acceptors (Lipinski definition) is 1. The third kappa shape index (κ3) is 16400. The third-order valence-corrected chi connectivity index (χ3v) is 0. The Morgan fingerprint density at radius 2 is 1.00 bits per heavy atom. The molecule has 0 aliphatic heterocycles. The lowest BCUT2D eigenvalue weighted by atomic mass is 10.8. The van der Waals surface area contributed by atoms with Gasteiger partial charge in [-0.1, -0.05) is 22.1 Å². The highest BCUT2D eigenvalue weighted by molar-refractivity contribution is 6.44. The molecule has 0 unspecified atom stereocenters. The highest BCUT2D eigenvalue weighted by Crippen LogP contribution is 1.73. The van der Waals surface area contributed by atoms with Crippen LogP contribution < -0.4 is 4.80 Å². The highest BCUT2D eigenvalue weighted by Gasteiger charge is 1.88. The van der Waals surface area contributed by atoms with Crippen molar-refractivity contribution in [1.29, 1.82) is 0 Å². The van der Waals surface area contributed by atoms with Gasteiger partial charge in [-0.25, -0.2) is 0 Å². The second kappa shape index (κ2) is 4.96. The summed E-state index contributed by atoms with van der Waals surface area (Å²) in [5.74, 6) is 0. The molecule has 0 saturated carbocycles. The van der Waals surface area contributed by atoms with Crippen LogP contribution in [0.25, 0.3) is 0 Å². The van der Waals surface area contributed by atoms with Crippen molar-refractivity contribution in [1.82, 2.24) is 0 Å². The fourth-order valence-electron chi connectivity index (χ4n) is 0. The molecule has 0 N–H and O–H groups in total. The van der Waals surface area contributed by atoms with Crippen LogP contribution >= 0.6 is 0 Å². The molecule has 3 heteroatoms. The summed E-state index contributed by atoms with van der Waals surface area (Å²) in [5, 5.41) is 0. The van der Waals surface area contributed by atoms with Crippen LogP contribution in [0.4, 0.5) is 0 Å². The minimum Gasteiger partial charge on any atom is -0.861 e. The lowest BCUT2D eigenvalue weighted by Crippen LogP contribution is -2.27. The molecule has 0 aliphatic rings. The van der Waals surface area contributed by atoms with Gasteiger partial charge in [0.2, 0.25) is 0 Å². The predicted octanol–water partition coefficient (Wildman–Crippen LogP) is -0.347. The van der Waals surface area contributed by atoms with Crippen LogP contribution in [0.5, 0.6) is 0 Å². The summed E-state index contributed by atoms with van der Waals surface area (Å²) in [5.41, 5.74) is 0. The summed E-state index contributed by atoms with van der Waals surface area (Å²) < 4.78 is 1.00. The van der Waals surface area contributed by atoms with Crippen molar-refractivity contribution in [2.45, 2.75) is 13.1 Å². The van der Waals surface area contributed by atoms with Gasteiger partial charge in [-0.05, 0) is 0 Å². The van der Waals surface area contributed by atoms with Gasteiger partial charge in [0, 0.05) is 0 Å². The first-order valence-corrected chi connectivity index (χ1v) is 5.96. The van der Waals surface area contributed by atoms with E-state index in [1.807, 2.05) is 0 Å². The zero-order chi connectivity index (χ0) is 8.08. The van der Waals surface area contributed by atoms with Gasteiger partial charge in [-0.2, -0.15) is 0 Å². The molecule has 0 aromatic carbocycles. The average molecular weight is 149 g/mol. The average Bonchev–Trinajstić information content (AvgIpc) is 1.19. The number of nitrogens with zero attached hydrogens (tertiary/aromatic N) is 1. The maximum atomic E-state index is 9.67. The molecule has 0 aliphatic carbocycles. The van der Waals surface area contributed by atoms with Gasteiger partial charge < -0.3 is 9.28 Å². The molecule has 0 atom stereocenters. The molecule has 0 bridgehead atoms. The second-order valence-corrected chi connectivity index (χ2v) is 5.83. The van der Waals surface area contributed by atoms with Gasteiger partial charge >= 0.3 is 0 Å². The molecule has 0 rings (SSSR count). The Morgan fingerprint density at radius 1 is 1.00 bits per heavy atom. The molecular weight excluding hydrogens is 130 g/mol. The monoisotopic (exact) mass is 149 g/mol. The van der Waals surface area contributed by atoms with Crippen LogP contribution in [-0.4, -0.2) is 41.7 Å². The van der Waals surface area contributed by atoms with Crippen molar-refractivity contribution in [2.24, 2.45) is 0 Å². The van der Waals surface area contributed by atoms with Crippen molar-refractivity contribution in [2.75, 3.05) is 28.2 Å². The van der Waals surface area contributed by atoms with Crippen LogP contribution in [0, 0.1) is 0 Å². The number of rotatable bonds is 0. The molecule has 2 nitrogen and oxygen atoms in total. The van der Waals surface area contributed by atoms with Crippen molar-refractivity contribution in [3.8, 4) is 0 Å². The number of quaternary nitrogens is 1. The zero-order valence-electron chi connectivity index (χ0n) is 7.43. The van der Waals surface area contributed by atoms with Crippen LogP contribution in [0.15, 0.2) is 0 Å². The zero-order valence-corrected chi connectivity index (χ0v) is 8.59. The standard InChI is InChI=1S/C4H12N.C2H7OSi/c1-5(2,3)4;1-4(2)3/h1-4H3;4H,1-2H3/q+1;-1. The van der Waals surface area contributed by atoms with Gasteiger partial charge in [0.05, 0.1) is 28.2 Å². The fourth-order valence-corrected chi connectivity index (χ4v) is 0. The molecule has 0 saturated heterocycles. The van der Waals surface area contributed by atoms with Crippen LogP contribution in [0.3, 0.4) is 0 Å². The van der Waals surface area contributed by atoms with Gasteiger partial charge in [0.25, 0.3) is 0 Å². The van der Waals surface area contributed by atoms with Crippen LogP contribution in [0.1, 0.15) is 0 Å². The SMILES string of the molecule is C[N+](C)(C)C.C[SiH](C)[O-]. The Bertz CT molecular complexity index is 49.8. The quantitative estimate of drug-likeness (QED) is 0.341. The Hall–Kier alpha value is 0.137. The van der Waals surface area contributed by atoms with E-state index in [1.165, 1.54) is 0 Å². The van der Waals surface area contributed by atoms with E-state index in [0.29, 0.717) is 0 Å². The largest absolute Gasteiger partial charge is 0.861 e. The lowest BCUT2D eigenvalue weighted by molar-refractivity contribution is -0.849. The van der Waals surface area contributed by atoms with Gasteiger partial charge in [-0.3, -0.25) is 0 Å². The third-order valence-electron chi connectivity index (χ3n) is 0. The second-order valence-electron chi connectivity index (χ2n) is 3.73. The van der Waals surface area contributed by atoms with E-state index >= 15 is 0 Å². The Labute approximate surface area is 60.4 Å². The predicted molar refractivity (Wildman–Crippen MR) is 42.8 cm³/mol. The maximum absolute atomic E-state index is 9.67. The molecule has 0 aromatic heterocycles. The van der Waals surface area contributed by atoms with Crippen molar-refractivity contribution >= 4 is 9.04 Å². The molecule has 58 valence electrons. The minimum atomic E-state index is -1.39. The molecule has 0 heterocycles. The Balaban J connectivity index is 0. The molecule has 0 radical (unpaired) electrons. The summed E-state index contributed by atoms with van der Waals surface area (Å²) >= 11 is 0. The first-order chi connectivity index (χ1) is 3.73. The van der Waals surface area contributed by atoms with Gasteiger partial charge in [0.15, 0.2) is 0 Å². The van der Waals surface area contributed by atoms with E-state index in [0.717, 1.165) is 4.48 Å². The summed E-state index contributed by atoms with van der Waals surface area (Å²) in [6, 6.07) is 0. The van der Waals surface area contributed by atoms with Gasteiger partial charge in [-0.15, -0.1) is 0 Å². The summed E-state index contributed by atoms with van der Waals surface area (Å²) in [6.45, 7) is 3.50. The molecule has 0 amide bonds.